The Morgan fingerprint density at radius 1 is 1.35 bits per heavy atom. The summed E-state index contributed by atoms with van der Waals surface area (Å²) in [4.78, 5) is 30.8. The van der Waals surface area contributed by atoms with Crippen LogP contribution in [0.5, 0.6) is 0 Å². The van der Waals surface area contributed by atoms with Gasteiger partial charge in [0.25, 0.3) is 5.91 Å². The van der Waals surface area contributed by atoms with Crippen molar-refractivity contribution in [1.82, 2.24) is 15.2 Å². The SMILES string of the molecule is CCOC(C)c1nc(CN2C(=O)NC(C)(c3ccc(F)cc3)C2=O)cs1. The van der Waals surface area contributed by atoms with E-state index in [0.717, 1.165) is 9.91 Å². The number of carbonyl (C=O) groups is 2. The molecule has 8 heteroatoms. The van der Waals surface area contributed by atoms with E-state index in [2.05, 4.69) is 10.3 Å². The van der Waals surface area contributed by atoms with Crippen LogP contribution in [0.15, 0.2) is 29.6 Å². The van der Waals surface area contributed by atoms with E-state index in [1.807, 2.05) is 19.2 Å². The lowest BCUT2D eigenvalue weighted by Gasteiger charge is -2.22. The molecule has 0 bridgehead atoms. The van der Waals surface area contributed by atoms with Gasteiger partial charge in [-0.3, -0.25) is 9.69 Å². The smallest absolute Gasteiger partial charge is 0.325 e. The number of nitrogens with one attached hydrogen (secondary N) is 1. The first-order chi connectivity index (χ1) is 12.3. The molecule has 2 heterocycles. The summed E-state index contributed by atoms with van der Waals surface area (Å²) in [6.07, 6.45) is -0.133. The van der Waals surface area contributed by atoms with E-state index < -0.39 is 17.4 Å². The van der Waals surface area contributed by atoms with Gasteiger partial charge in [0, 0.05) is 12.0 Å². The summed E-state index contributed by atoms with van der Waals surface area (Å²) in [6.45, 7) is 6.10. The molecule has 1 aromatic carbocycles. The van der Waals surface area contributed by atoms with E-state index in [4.69, 9.17) is 4.74 Å². The predicted molar refractivity (Wildman–Crippen MR) is 95.0 cm³/mol. The van der Waals surface area contributed by atoms with Gasteiger partial charge in [0.2, 0.25) is 0 Å². The van der Waals surface area contributed by atoms with Crippen LogP contribution in [0.25, 0.3) is 0 Å². The molecule has 3 rings (SSSR count). The summed E-state index contributed by atoms with van der Waals surface area (Å²) in [6, 6.07) is 5.05. The summed E-state index contributed by atoms with van der Waals surface area (Å²) in [5.41, 5.74) is -0.0606. The summed E-state index contributed by atoms with van der Waals surface area (Å²) in [5, 5.41) is 5.32. The quantitative estimate of drug-likeness (QED) is 0.784. The number of hydrogen-bond acceptors (Lipinski definition) is 5. The molecule has 2 atom stereocenters. The molecule has 0 saturated carbocycles. The Kier molecular flexibility index (Phi) is 5.06. The molecule has 1 N–H and O–H groups in total. The van der Waals surface area contributed by atoms with Crippen LogP contribution >= 0.6 is 11.3 Å². The Hall–Kier alpha value is -2.32. The molecule has 2 aromatic rings. The van der Waals surface area contributed by atoms with Crippen LogP contribution < -0.4 is 5.32 Å². The molecule has 2 unspecified atom stereocenters. The number of urea groups is 1. The molecule has 1 aromatic heterocycles. The normalized spacial score (nSPS) is 21.2. The van der Waals surface area contributed by atoms with Gasteiger partial charge in [-0.25, -0.2) is 14.2 Å². The van der Waals surface area contributed by atoms with Crippen LogP contribution in [0.4, 0.5) is 9.18 Å². The topological polar surface area (TPSA) is 71.5 Å². The van der Waals surface area contributed by atoms with Crippen LogP contribution in [0.1, 0.15) is 43.1 Å². The van der Waals surface area contributed by atoms with Gasteiger partial charge in [-0.15, -0.1) is 11.3 Å². The maximum Gasteiger partial charge on any atom is 0.325 e. The van der Waals surface area contributed by atoms with Crippen LogP contribution in [0.2, 0.25) is 0 Å². The number of hydrogen-bond donors (Lipinski definition) is 1. The third-order valence-electron chi connectivity index (χ3n) is 4.35. The number of rotatable bonds is 6. The number of imide groups is 1. The van der Waals surface area contributed by atoms with Crippen molar-refractivity contribution in [3.8, 4) is 0 Å². The predicted octanol–water partition coefficient (Wildman–Crippen LogP) is 3.35. The number of amides is 3. The van der Waals surface area contributed by atoms with Crippen molar-refractivity contribution < 1.29 is 18.7 Å². The van der Waals surface area contributed by atoms with Gasteiger partial charge in [-0.2, -0.15) is 0 Å². The van der Waals surface area contributed by atoms with E-state index in [9.17, 15) is 14.0 Å². The minimum absolute atomic E-state index is 0.0802. The lowest BCUT2D eigenvalue weighted by molar-refractivity contribution is -0.131. The van der Waals surface area contributed by atoms with Gasteiger partial charge in [-0.05, 0) is 38.5 Å². The van der Waals surface area contributed by atoms with Crippen molar-refractivity contribution in [3.63, 3.8) is 0 Å². The maximum atomic E-state index is 13.2. The van der Waals surface area contributed by atoms with Crippen LogP contribution in [0, 0.1) is 5.82 Å². The van der Waals surface area contributed by atoms with E-state index in [0.29, 0.717) is 17.9 Å². The fourth-order valence-electron chi connectivity index (χ4n) is 2.88. The first-order valence-corrected chi connectivity index (χ1v) is 9.19. The Morgan fingerprint density at radius 3 is 2.69 bits per heavy atom. The number of ether oxygens (including phenoxy) is 1. The second kappa shape index (κ2) is 7.13. The minimum Gasteiger partial charge on any atom is -0.372 e. The molecule has 1 aliphatic rings. The third-order valence-corrected chi connectivity index (χ3v) is 5.41. The second-order valence-corrected chi connectivity index (χ2v) is 7.12. The van der Waals surface area contributed by atoms with E-state index in [1.165, 1.54) is 35.6 Å². The lowest BCUT2D eigenvalue weighted by atomic mass is 9.92. The summed E-state index contributed by atoms with van der Waals surface area (Å²) in [7, 11) is 0. The number of halogens is 1. The number of thiazole rings is 1. The minimum atomic E-state index is -1.22. The first kappa shape index (κ1) is 18.5. The number of nitrogens with zero attached hydrogens (tertiary/aromatic N) is 2. The number of carbonyl (C=O) groups excluding carboxylic acids is 2. The molecule has 6 nitrogen and oxygen atoms in total. The Bertz CT molecular complexity index is 823. The molecule has 1 aliphatic heterocycles. The van der Waals surface area contributed by atoms with Crippen molar-refractivity contribution in [2.24, 2.45) is 0 Å². The van der Waals surface area contributed by atoms with E-state index in [-0.39, 0.29) is 18.6 Å². The van der Waals surface area contributed by atoms with Gasteiger partial charge in [0.1, 0.15) is 22.5 Å². The molecule has 0 spiro atoms. The van der Waals surface area contributed by atoms with Gasteiger partial charge in [0.05, 0.1) is 12.2 Å². The number of benzene rings is 1. The largest absolute Gasteiger partial charge is 0.372 e. The summed E-state index contributed by atoms with van der Waals surface area (Å²) < 4.78 is 18.7. The van der Waals surface area contributed by atoms with Gasteiger partial charge in [-0.1, -0.05) is 12.1 Å². The Morgan fingerprint density at radius 2 is 2.04 bits per heavy atom. The summed E-state index contributed by atoms with van der Waals surface area (Å²) >= 11 is 1.43. The van der Waals surface area contributed by atoms with Crippen molar-refractivity contribution >= 4 is 23.3 Å². The summed E-state index contributed by atoms with van der Waals surface area (Å²) in [5.74, 6) is -0.786. The van der Waals surface area contributed by atoms with Crippen LogP contribution in [0.3, 0.4) is 0 Å². The fraction of sp³-hybridized carbons (Fsp3) is 0.389. The van der Waals surface area contributed by atoms with Crippen LogP contribution in [-0.4, -0.2) is 28.4 Å². The average molecular weight is 377 g/mol. The van der Waals surface area contributed by atoms with Crippen LogP contribution in [-0.2, 0) is 21.6 Å². The zero-order valence-corrected chi connectivity index (χ0v) is 15.6. The number of aromatic nitrogens is 1. The van der Waals surface area contributed by atoms with Gasteiger partial charge < -0.3 is 10.1 Å². The van der Waals surface area contributed by atoms with E-state index >= 15 is 0 Å². The first-order valence-electron chi connectivity index (χ1n) is 8.31. The Labute approximate surface area is 155 Å². The highest BCUT2D eigenvalue weighted by molar-refractivity contribution is 7.09. The maximum absolute atomic E-state index is 13.2. The average Bonchev–Trinajstić information content (AvgIpc) is 3.15. The second-order valence-electron chi connectivity index (χ2n) is 6.23. The molecule has 0 radical (unpaired) electrons. The van der Waals surface area contributed by atoms with Gasteiger partial charge in [0.15, 0.2) is 0 Å². The molecule has 138 valence electrons. The molecule has 1 fully saturated rings. The highest BCUT2D eigenvalue weighted by Gasteiger charge is 2.49. The lowest BCUT2D eigenvalue weighted by Crippen LogP contribution is -2.40. The molecule has 26 heavy (non-hydrogen) atoms. The monoisotopic (exact) mass is 377 g/mol. The molecule has 0 aliphatic carbocycles. The van der Waals surface area contributed by atoms with Crippen molar-refractivity contribution in [3.05, 3.63) is 51.7 Å². The molecule has 1 saturated heterocycles. The highest BCUT2D eigenvalue weighted by Crippen LogP contribution is 2.30. The standard InChI is InChI=1S/C18H20FN3O3S/c1-4-25-11(2)15-20-14(10-26-15)9-22-16(23)18(3,21-17(22)24)12-5-7-13(19)8-6-12/h5-8,10-11H,4,9H2,1-3H3,(H,21,24). The van der Waals surface area contributed by atoms with Crippen molar-refractivity contribution in [2.45, 2.75) is 39.0 Å². The fourth-order valence-corrected chi connectivity index (χ4v) is 3.70. The third kappa shape index (κ3) is 3.34. The van der Waals surface area contributed by atoms with Gasteiger partial charge >= 0.3 is 6.03 Å². The van der Waals surface area contributed by atoms with Crippen molar-refractivity contribution in [2.75, 3.05) is 6.61 Å². The highest BCUT2D eigenvalue weighted by atomic mass is 32.1. The zero-order valence-electron chi connectivity index (χ0n) is 14.8. The van der Waals surface area contributed by atoms with Crippen molar-refractivity contribution in [1.29, 1.82) is 0 Å². The van der Waals surface area contributed by atoms with E-state index in [1.54, 1.807) is 6.92 Å². The molecular weight excluding hydrogens is 357 g/mol. The molecule has 3 amide bonds. The molecular formula is C18H20FN3O3S. The zero-order chi connectivity index (χ0) is 18.9. The Balaban J connectivity index is 1.78.